The topological polar surface area (TPSA) is 93.9 Å². The Bertz CT molecular complexity index is 504. The van der Waals surface area contributed by atoms with Crippen molar-refractivity contribution in [1.29, 1.82) is 0 Å². The summed E-state index contributed by atoms with van der Waals surface area (Å²) in [6.07, 6.45) is 6.90. The second-order valence-corrected chi connectivity index (χ2v) is 4.82. The lowest BCUT2D eigenvalue weighted by molar-refractivity contribution is -0.138. The second kappa shape index (κ2) is 6.53. The summed E-state index contributed by atoms with van der Waals surface area (Å²) >= 11 is 0. The fraction of sp³-hybridized carbons (Fsp3) is 0.308. The summed E-state index contributed by atoms with van der Waals surface area (Å²) in [5.74, 6) is 0. The third kappa shape index (κ3) is 5.67. The molecular weight excluding hydrogens is 244 g/mol. The maximum absolute atomic E-state index is 9.60. The van der Waals surface area contributed by atoms with Gasteiger partial charge in [0.25, 0.3) is 6.47 Å². The Hall–Kier alpha value is -2.37. The largest absolute Gasteiger partial charge is 0.462 e. The molecule has 6 heteroatoms. The van der Waals surface area contributed by atoms with Gasteiger partial charge in [-0.25, -0.2) is 0 Å². The Balaban J connectivity index is 0.000000224. The van der Waals surface area contributed by atoms with Gasteiger partial charge in [0.05, 0.1) is 11.9 Å². The van der Waals surface area contributed by atoms with Crippen LogP contribution in [0.1, 0.15) is 20.8 Å². The number of aromatic nitrogens is 3. The smallest absolute Gasteiger partial charge is 0.293 e. The summed E-state index contributed by atoms with van der Waals surface area (Å²) in [6, 6.07) is 1.86. The van der Waals surface area contributed by atoms with Gasteiger partial charge in [-0.3, -0.25) is 14.9 Å². The average molecular weight is 262 g/mol. The van der Waals surface area contributed by atoms with E-state index in [4.69, 9.17) is 5.73 Å². The lowest BCUT2D eigenvalue weighted by Crippen LogP contribution is -2.17. The molecule has 0 unspecified atom stereocenters. The van der Waals surface area contributed by atoms with Crippen LogP contribution in [0.5, 0.6) is 0 Å². The first kappa shape index (κ1) is 14.7. The number of nitrogens with one attached hydrogen (secondary N) is 1. The Morgan fingerprint density at radius 2 is 2.00 bits per heavy atom. The van der Waals surface area contributed by atoms with Crippen molar-refractivity contribution in [2.75, 3.05) is 5.73 Å². The van der Waals surface area contributed by atoms with Crippen molar-refractivity contribution in [2.45, 2.75) is 26.4 Å². The van der Waals surface area contributed by atoms with Gasteiger partial charge in [-0.2, -0.15) is 5.10 Å². The van der Waals surface area contributed by atoms with Crippen molar-refractivity contribution in [3.63, 3.8) is 0 Å². The standard InChI is InChI=1S/C8H8N4.C5H10O2/c9-8-1-6(2-10-5-8)7-3-11-12-4-7;1-5(2,3)7-4-6/h1-5H,9H2,(H,11,12);4H,1-3H3. The molecule has 19 heavy (non-hydrogen) atoms. The van der Waals surface area contributed by atoms with Gasteiger partial charge in [-0.1, -0.05) is 0 Å². The van der Waals surface area contributed by atoms with E-state index in [-0.39, 0.29) is 5.60 Å². The zero-order valence-electron chi connectivity index (χ0n) is 11.3. The number of pyridine rings is 1. The lowest BCUT2D eigenvalue weighted by atomic mass is 10.1. The summed E-state index contributed by atoms with van der Waals surface area (Å²) in [5, 5.41) is 6.56. The maximum atomic E-state index is 9.60. The van der Waals surface area contributed by atoms with Crippen LogP contribution in [0, 0.1) is 0 Å². The number of aromatic amines is 1. The van der Waals surface area contributed by atoms with Crippen LogP contribution in [0.25, 0.3) is 11.1 Å². The van der Waals surface area contributed by atoms with E-state index in [9.17, 15) is 4.79 Å². The van der Waals surface area contributed by atoms with Crippen molar-refractivity contribution in [3.05, 3.63) is 30.9 Å². The number of ether oxygens (including phenoxy) is 1. The van der Waals surface area contributed by atoms with Crippen molar-refractivity contribution in [3.8, 4) is 11.1 Å². The number of nitrogen functional groups attached to an aromatic ring is 1. The minimum Gasteiger partial charge on any atom is -0.462 e. The molecule has 2 aromatic heterocycles. The molecule has 0 aromatic carbocycles. The quantitative estimate of drug-likeness (QED) is 0.807. The highest BCUT2D eigenvalue weighted by Crippen LogP contribution is 2.17. The first-order chi connectivity index (χ1) is 8.92. The molecule has 0 saturated carbocycles. The molecule has 0 fully saturated rings. The van der Waals surface area contributed by atoms with Gasteiger partial charge in [-0.05, 0) is 26.8 Å². The van der Waals surface area contributed by atoms with Crippen molar-refractivity contribution in [1.82, 2.24) is 15.2 Å². The zero-order chi connectivity index (χ0) is 14.3. The summed E-state index contributed by atoms with van der Waals surface area (Å²) in [5.41, 5.74) is 7.89. The summed E-state index contributed by atoms with van der Waals surface area (Å²) in [4.78, 5) is 13.6. The molecule has 0 amide bonds. The molecule has 0 saturated heterocycles. The molecule has 0 aliphatic heterocycles. The third-order valence-corrected chi connectivity index (χ3v) is 1.99. The summed E-state index contributed by atoms with van der Waals surface area (Å²) in [6.45, 7) is 5.92. The Morgan fingerprint density at radius 3 is 2.42 bits per heavy atom. The maximum Gasteiger partial charge on any atom is 0.293 e. The minimum absolute atomic E-state index is 0.318. The first-order valence-electron chi connectivity index (χ1n) is 5.73. The number of nitrogens with two attached hydrogens (primary N) is 1. The fourth-order valence-electron chi connectivity index (χ4n) is 1.17. The predicted molar refractivity (Wildman–Crippen MR) is 73.1 cm³/mol. The van der Waals surface area contributed by atoms with E-state index in [1.165, 1.54) is 0 Å². The highest BCUT2D eigenvalue weighted by Gasteiger charge is 2.07. The molecule has 102 valence electrons. The number of nitrogens with zero attached hydrogens (tertiary/aromatic N) is 2. The molecule has 0 bridgehead atoms. The number of hydrogen-bond donors (Lipinski definition) is 2. The van der Waals surface area contributed by atoms with Crippen molar-refractivity contribution < 1.29 is 9.53 Å². The van der Waals surface area contributed by atoms with E-state index in [0.717, 1.165) is 11.1 Å². The van der Waals surface area contributed by atoms with Crippen LogP contribution in [0.4, 0.5) is 5.69 Å². The number of anilines is 1. The molecule has 2 rings (SSSR count). The highest BCUT2D eigenvalue weighted by atomic mass is 16.5. The number of rotatable bonds is 2. The van der Waals surface area contributed by atoms with E-state index in [2.05, 4.69) is 19.9 Å². The number of carbonyl (C=O) groups excluding carboxylic acids is 1. The van der Waals surface area contributed by atoms with Gasteiger partial charge < -0.3 is 10.5 Å². The monoisotopic (exact) mass is 262 g/mol. The van der Waals surface area contributed by atoms with Gasteiger partial charge in [-0.15, -0.1) is 0 Å². The molecule has 0 radical (unpaired) electrons. The Morgan fingerprint density at radius 1 is 1.26 bits per heavy atom. The lowest BCUT2D eigenvalue weighted by Gasteiger charge is -2.14. The van der Waals surface area contributed by atoms with Gasteiger partial charge in [0.2, 0.25) is 0 Å². The average Bonchev–Trinajstić information content (AvgIpc) is 2.81. The molecule has 0 aliphatic rings. The van der Waals surface area contributed by atoms with Crippen LogP contribution in [0.3, 0.4) is 0 Å². The van der Waals surface area contributed by atoms with Crippen LogP contribution < -0.4 is 5.73 Å². The van der Waals surface area contributed by atoms with Crippen LogP contribution in [-0.4, -0.2) is 27.3 Å². The minimum atomic E-state index is -0.318. The van der Waals surface area contributed by atoms with E-state index in [0.29, 0.717) is 12.2 Å². The zero-order valence-corrected chi connectivity index (χ0v) is 11.3. The Labute approximate surface area is 112 Å². The van der Waals surface area contributed by atoms with E-state index in [1.54, 1.807) is 24.8 Å². The van der Waals surface area contributed by atoms with Crippen LogP contribution in [0.15, 0.2) is 30.9 Å². The number of hydrogen-bond acceptors (Lipinski definition) is 5. The number of carbonyl (C=O) groups is 1. The van der Waals surface area contributed by atoms with Crippen molar-refractivity contribution in [2.24, 2.45) is 0 Å². The SMILES string of the molecule is CC(C)(C)OC=O.Nc1cncc(-c2cn[nH]c2)c1. The molecule has 6 nitrogen and oxygen atoms in total. The molecule has 2 heterocycles. The van der Waals surface area contributed by atoms with E-state index in [1.807, 2.05) is 26.8 Å². The van der Waals surface area contributed by atoms with Gasteiger partial charge in [0.15, 0.2) is 0 Å². The normalized spacial score (nSPS) is 10.3. The van der Waals surface area contributed by atoms with Gasteiger partial charge >= 0.3 is 0 Å². The van der Waals surface area contributed by atoms with Crippen molar-refractivity contribution >= 4 is 12.2 Å². The number of H-pyrrole nitrogens is 1. The van der Waals surface area contributed by atoms with Crippen LogP contribution in [0.2, 0.25) is 0 Å². The van der Waals surface area contributed by atoms with Crippen LogP contribution >= 0.6 is 0 Å². The van der Waals surface area contributed by atoms with E-state index < -0.39 is 0 Å². The highest BCUT2D eigenvalue weighted by molar-refractivity contribution is 5.64. The van der Waals surface area contributed by atoms with Gasteiger partial charge in [0, 0.05) is 29.7 Å². The van der Waals surface area contributed by atoms with Gasteiger partial charge in [0.1, 0.15) is 5.60 Å². The van der Waals surface area contributed by atoms with E-state index >= 15 is 0 Å². The van der Waals surface area contributed by atoms with Crippen LogP contribution in [-0.2, 0) is 9.53 Å². The second-order valence-electron chi connectivity index (χ2n) is 4.82. The molecular formula is C13H18N4O2. The summed E-state index contributed by atoms with van der Waals surface area (Å²) < 4.78 is 4.55. The summed E-state index contributed by atoms with van der Waals surface area (Å²) in [7, 11) is 0. The molecule has 0 atom stereocenters. The third-order valence-electron chi connectivity index (χ3n) is 1.99. The molecule has 0 aliphatic carbocycles. The molecule has 2 aromatic rings. The fourth-order valence-corrected chi connectivity index (χ4v) is 1.17. The molecule has 0 spiro atoms. The molecule has 3 N–H and O–H groups in total. The Kier molecular flexibility index (Phi) is 5.05. The predicted octanol–water partition coefficient (Wildman–Crippen LogP) is 2.01. The first-order valence-corrected chi connectivity index (χ1v) is 5.73.